The Morgan fingerprint density at radius 3 is 2.19 bits per heavy atom. The number of carbonyl (C=O) groups excluding carboxylic acids is 3. The summed E-state index contributed by atoms with van der Waals surface area (Å²) in [5, 5.41) is 10.8. The van der Waals surface area contributed by atoms with Crippen molar-refractivity contribution in [1.82, 2.24) is 14.7 Å². The number of fused-ring (bicyclic) bond motifs is 1. The number of likely N-dealkylation sites (tertiary alicyclic amines) is 1. The van der Waals surface area contributed by atoms with Crippen LogP contribution in [0.4, 0.5) is 0 Å². The highest BCUT2D eigenvalue weighted by molar-refractivity contribution is 8.02. The second-order valence-corrected chi connectivity index (χ2v) is 16.8. The maximum Gasteiger partial charge on any atom is 0.247 e. The third-order valence-electron chi connectivity index (χ3n) is 10.1. The number of hydrogen-bond acceptors (Lipinski definition) is 5. The first-order valence-electron chi connectivity index (χ1n) is 16.8. The van der Waals surface area contributed by atoms with E-state index in [1.165, 1.54) is 0 Å². The van der Waals surface area contributed by atoms with Crippen LogP contribution in [-0.4, -0.2) is 78.8 Å². The molecule has 47 heavy (non-hydrogen) atoms. The van der Waals surface area contributed by atoms with Gasteiger partial charge in [-0.05, 0) is 49.7 Å². The monoisotopic (exact) mass is 657 g/mol. The van der Waals surface area contributed by atoms with Gasteiger partial charge in [0.25, 0.3) is 0 Å². The summed E-state index contributed by atoms with van der Waals surface area (Å²) in [6.07, 6.45) is 5.63. The van der Waals surface area contributed by atoms with Gasteiger partial charge >= 0.3 is 0 Å². The first kappa shape index (κ1) is 35.0. The zero-order chi connectivity index (χ0) is 34.1. The van der Waals surface area contributed by atoms with Crippen LogP contribution in [0.5, 0.6) is 0 Å². The molecule has 6 atom stereocenters. The van der Waals surface area contributed by atoms with Crippen molar-refractivity contribution in [3.05, 3.63) is 97.1 Å². The van der Waals surface area contributed by atoms with Crippen molar-refractivity contribution in [1.29, 1.82) is 0 Å². The van der Waals surface area contributed by atoms with Gasteiger partial charge in [0.15, 0.2) is 0 Å². The lowest BCUT2D eigenvalue weighted by atomic mass is 9.70. The Balaban J connectivity index is 1.61. The molecule has 252 valence electrons. The third-order valence-corrected chi connectivity index (χ3v) is 12.1. The van der Waals surface area contributed by atoms with Crippen LogP contribution in [0, 0.1) is 17.3 Å². The topological polar surface area (TPSA) is 81.2 Å². The molecule has 2 aromatic carbocycles. The zero-order valence-corrected chi connectivity index (χ0v) is 29.4. The number of thioether (sulfide) groups is 1. The molecular weight excluding hydrogens is 607 g/mol. The smallest absolute Gasteiger partial charge is 0.247 e. The summed E-state index contributed by atoms with van der Waals surface area (Å²) in [5.74, 6) is -1.68. The lowest BCUT2D eigenvalue weighted by Crippen LogP contribution is -2.60. The molecule has 0 aliphatic carbocycles. The number of benzene rings is 2. The van der Waals surface area contributed by atoms with Crippen molar-refractivity contribution in [2.75, 3.05) is 19.7 Å². The summed E-state index contributed by atoms with van der Waals surface area (Å²) in [4.78, 5) is 50.2. The number of hydrogen-bond donors (Lipinski definition) is 1. The molecule has 5 rings (SSSR count). The van der Waals surface area contributed by atoms with E-state index in [1.54, 1.807) is 33.7 Å². The molecule has 0 saturated carbocycles. The molecule has 0 radical (unpaired) electrons. The molecule has 1 N–H and O–H groups in total. The van der Waals surface area contributed by atoms with Gasteiger partial charge in [0, 0.05) is 30.4 Å². The predicted molar refractivity (Wildman–Crippen MR) is 189 cm³/mol. The lowest BCUT2D eigenvalue weighted by molar-refractivity contribution is -0.149. The molecule has 1 spiro atoms. The Hall–Kier alpha value is -3.36. The quantitative estimate of drug-likeness (QED) is 0.258. The Kier molecular flexibility index (Phi) is 10.1. The van der Waals surface area contributed by atoms with Gasteiger partial charge in [0.1, 0.15) is 6.04 Å². The van der Waals surface area contributed by atoms with Gasteiger partial charge < -0.3 is 19.8 Å². The van der Waals surface area contributed by atoms with Crippen molar-refractivity contribution in [3.63, 3.8) is 0 Å². The van der Waals surface area contributed by atoms with E-state index in [2.05, 4.69) is 47.8 Å². The highest BCUT2D eigenvalue weighted by Crippen LogP contribution is 2.67. The molecule has 3 saturated heterocycles. The van der Waals surface area contributed by atoms with Crippen molar-refractivity contribution < 1.29 is 19.5 Å². The van der Waals surface area contributed by atoms with E-state index in [0.717, 1.165) is 24.0 Å². The van der Waals surface area contributed by atoms with E-state index in [1.807, 2.05) is 65.6 Å². The Bertz CT molecular complexity index is 1470. The van der Waals surface area contributed by atoms with Gasteiger partial charge in [0.05, 0.1) is 29.2 Å². The van der Waals surface area contributed by atoms with Crippen LogP contribution >= 0.6 is 11.8 Å². The number of rotatable bonds is 13. The molecule has 3 heterocycles. The fraction of sp³-hybridized carbons (Fsp3) is 0.513. The Morgan fingerprint density at radius 2 is 1.62 bits per heavy atom. The molecule has 2 bridgehead atoms. The van der Waals surface area contributed by atoms with E-state index in [0.29, 0.717) is 26.1 Å². The van der Waals surface area contributed by atoms with Gasteiger partial charge in [-0.2, -0.15) is 0 Å². The maximum atomic E-state index is 15.2. The van der Waals surface area contributed by atoms with E-state index >= 15 is 4.79 Å². The minimum atomic E-state index is -0.841. The van der Waals surface area contributed by atoms with Crippen molar-refractivity contribution >= 4 is 29.5 Å². The number of carbonyl (C=O) groups is 3. The van der Waals surface area contributed by atoms with Crippen LogP contribution in [0.2, 0.25) is 0 Å². The molecule has 3 aliphatic heterocycles. The predicted octanol–water partition coefficient (Wildman–Crippen LogP) is 6.26. The van der Waals surface area contributed by atoms with E-state index < -0.39 is 34.2 Å². The van der Waals surface area contributed by atoms with Crippen LogP contribution in [0.15, 0.2) is 86.0 Å². The largest absolute Gasteiger partial charge is 0.394 e. The average Bonchev–Trinajstić information content (AvgIpc) is 3.67. The van der Waals surface area contributed by atoms with E-state index in [-0.39, 0.29) is 35.0 Å². The lowest BCUT2D eigenvalue weighted by Gasteiger charge is -2.46. The molecule has 3 aliphatic rings. The third kappa shape index (κ3) is 6.56. The summed E-state index contributed by atoms with van der Waals surface area (Å²) >= 11 is 1.66. The van der Waals surface area contributed by atoms with Crippen molar-refractivity contribution in [2.24, 2.45) is 17.3 Å². The molecule has 0 aromatic heterocycles. The summed E-state index contributed by atoms with van der Waals surface area (Å²) in [6.45, 7) is 19.3. The zero-order valence-electron chi connectivity index (χ0n) is 28.6. The highest BCUT2D eigenvalue weighted by Gasteiger charge is 2.75. The fourth-order valence-electron chi connectivity index (χ4n) is 8.73. The SMILES string of the molecule is C=CCN(Cc1ccccc1)C(=O)[C@@H]1[C@@H]2CCC3(S2)C(C(=O)N(CC=C)C(C)(C)CC(C)(C)C)N([C@H](CO)c2ccccc2)C(=O)[C@H]13. The van der Waals surface area contributed by atoms with E-state index in [4.69, 9.17) is 0 Å². The number of aliphatic hydroxyl groups excluding tert-OH is 1. The van der Waals surface area contributed by atoms with E-state index in [9.17, 15) is 14.7 Å². The molecule has 3 amide bonds. The first-order valence-corrected chi connectivity index (χ1v) is 17.7. The molecule has 2 unspecified atom stereocenters. The molecular formula is C39H51N3O4S. The number of aliphatic hydroxyl groups is 1. The Labute approximate surface area is 285 Å². The van der Waals surface area contributed by atoms with Gasteiger partial charge in [-0.25, -0.2) is 0 Å². The van der Waals surface area contributed by atoms with Crippen molar-refractivity contribution in [2.45, 2.75) is 88.0 Å². The average molecular weight is 658 g/mol. The van der Waals surface area contributed by atoms with Gasteiger partial charge in [-0.15, -0.1) is 24.9 Å². The second kappa shape index (κ2) is 13.6. The number of amides is 3. The van der Waals surface area contributed by atoms with Crippen LogP contribution in [0.25, 0.3) is 0 Å². The normalized spacial score (nSPS) is 25.7. The summed E-state index contributed by atoms with van der Waals surface area (Å²) in [6, 6.07) is 17.7. The van der Waals surface area contributed by atoms with Crippen LogP contribution in [0.3, 0.4) is 0 Å². The second-order valence-electron chi connectivity index (χ2n) is 15.2. The summed E-state index contributed by atoms with van der Waals surface area (Å²) in [5.41, 5.74) is 1.17. The van der Waals surface area contributed by atoms with Crippen molar-refractivity contribution in [3.8, 4) is 0 Å². The molecule has 2 aromatic rings. The maximum absolute atomic E-state index is 15.2. The standard InChI is InChI=1S/C39H51N3O4S/c1-8-22-40(24-27-16-12-10-13-17-27)34(44)31-30-20-21-39(47-30)32(31)35(45)42(29(25-43)28-18-14-11-15-19-28)33(39)36(46)41(23-9-2)38(6,7)26-37(3,4)5/h8-19,29-33,43H,1-2,20-26H2,3-7H3/t29-,30+,31-,32+,33?,39?/m1/s1. The summed E-state index contributed by atoms with van der Waals surface area (Å²) < 4.78 is -0.787. The van der Waals surface area contributed by atoms with Gasteiger partial charge in [-0.1, -0.05) is 93.6 Å². The van der Waals surface area contributed by atoms with Crippen LogP contribution in [0.1, 0.15) is 71.0 Å². The number of nitrogens with zero attached hydrogens (tertiary/aromatic N) is 3. The Morgan fingerprint density at radius 1 is 1.00 bits per heavy atom. The minimum absolute atomic E-state index is 0.0572. The van der Waals surface area contributed by atoms with Crippen LogP contribution in [-0.2, 0) is 20.9 Å². The summed E-state index contributed by atoms with van der Waals surface area (Å²) in [7, 11) is 0. The van der Waals surface area contributed by atoms with Crippen LogP contribution < -0.4 is 0 Å². The first-order chi connectivity index (χ1) is 22.3. The van der Waals surface area contributed by atoms with Gasteiger partial charge in [-0.3, -0.25) is 14.4 Å². The fourth-order valence-corrected chi connectivity index (χ4v) is 10.9. The molecule has 7 nitrogen and oxygen atoms in total. The molecule has 3 fully saturated rings. The highest BCUT2D eigenvalue weighted by atomic mass is 32.2. The minimum Gasteiger partial charge on any atom is -0.394 e. The van der Waals surface area contributed by atoms with Gasteiger partial charge in [0.2, 0.25) is 17.7 Å². The molecule has 8 heteroatoms.